The summed E-state index contributed by atoms with van der Waals surface area (Å²) in [5.74, 6) is -0.732. The van der Waals surface area contributed by atoms with Crippen LogP contribution in [0.25, 0.3) is 5.69 Å². The highest BCUT2D eigenvalue weighted by molar-refractivity contribution is 5.92. The maximum Gasteiger partial charge on any atom is 0.272 e. The van der Waals surface area contributed by atoms with Crippen molar-refractivity contribution in [1.29, 1.82) is 0 Å². The fourth-order valence-corrected chi connectivity index (χ4v) is 2.01. The molecule has 1 aromatic heterocycles. The Kier molecular flexibility index (Phi) is 5.05. The predicted molar refractivity (Wildman–Crippen MR) is 76.8 cm³/mol. The molecule has 1 atom stereocenters. The highest BCUT2D eigenvalue weighted by Crippen LogP contribution is 2.12. The van der Waals surface area contributed by atoms with Gasteiger partial charge >= 0.3 is 0 Å². The Balaban J connectivity index is 2.13. The van der Waals surface area contributed by atoms with Gasteiger partial charge in [0.1, 0.15) is 11.5 Å². The zero-order valence-electron chi connectivity index (χ0n) is 11.8. The van der Waals surface area contributed by atoms with Gasteiger partial charge in [0.2, 0.25) is 0 Å². The van der Waals surface area contributed by atoms with E-state index in [1.165, 1.54) is 16.8 Å². The molecule has 2 aromatic rings. The van der Waals surface area contributed by atoms with E-state index in [1.807, 2.05) is 6.92 Å². The summed E-state index contributed by atoms with van der Waals surface area (Å²) in [5, 5.41) is 15.8. The van der Waals surface area contributed by atoms with E-state index in [4.69, 9.17) is 5.11 Å². The lowest BCUT2D eigenvalue weighted by atomic mass is 10.1. The van der Waals surface area contributed by atoms with Gasteiger partial charge in [0.25, 0.3) is 5.91 Å². The van der Waals surface area contributed by atoms with Crippen molar-refractivity contribution in [1.82, 2.24) is 15.1 Å². The van der Waals surface area contributed by atoms with Gasteiger partial charge in [-0.1, -0.05) is 19.1 Å². The summed E-state index contributed by atoms with van der Waals surface area (Å²) >= 11 is 0. The Morgan fingerprint density at radius 2 is 2.19 bits per heavy atom. The minimum absolute atomic E-state index is 0.0163. The van der Waals surface area contributed by atoms with E-state index < -0.39 is 5.82 Å². The van der Waals surface area contributed by atoms with Crippen LogP contribution in [0.3, 0.4) is 0 Å². The average Bonchev–Trinajstić information content (AvgIpc) is 2.97. The van der Waals surface area contributed by atoms with Gasteiger partial charge in [0, 0.05) is 18.8 Å². The number of benzene rings is 1. The number of rotatable bonds is 6. The van der Waals surface area contributed by atoms with Crippen LogP contribution in [-0.4, -0.2) is 33.4 Å². The fraction of sp³-hybridized carbons (Fsp3) is 0.333. The smallest absolute Gasteiger partial charge is 0.272 e. The zero-order valence-corrected chi connectivity index (χ0v) is 11.8. The molecule has 2 rings (SSSR count). The molecule has 0 bridgehead atoms. The van der Waals surface area contributed by atoms with Crippen LogP contribution in [0, 0.1) is 5.82 Å². The second-order valence-electron chi connectivity index (χ2n) is 4.69. The minimum Gasteiger partial charge on any atom is -0.396 e. The molecule has 6 heteroatoms. The van der Waals surface area contributed by atoms with E-state index >= 15 is 0 Å². The molecule has 0 radical (unpaired) electrons. The summed E-state index contributed by atoms with van der Waals surface area (Å²) in [7, 11) is 0. The molecular weight excluding hydrogens is 273 g/mol. The fourth-order valence-electron chi connectivity index (χ4n) is 2.01. The number of aliphatic hydroxyl groups is 1. The molecule has 5 nitrogen and oxygen atoms in total. The lowest BCUT2D eigenvalue weighted by Gasteiger charge is -2.14. The molecule has 1 amide bonds. The molecule has 1 aromatic carbocycles. The average molecular weight is 291 g/mol. The summed E-state index contributed by atoms with van der Waals surface area (Å²) in [6.45, 7) is 1.95. The van der Waals surface area contributed by atoms with Gasteiger partial charge in [-0.25, -0.2) is 9.07 Å². The van der Waals surface area contributed by atoms with Crippen LogP contribution in [0.4, 0.5) is 4.39 Å². The first kappa shape index (κ1) is 15.2. The zero-order chi connectivity index (χ0) is 15.2. The number of aliphatic hydroxyl groups excluding tert-OH is 1. The molecule has 0 aliphatic rings. The Morgan fingerprint density at radius 3 is 2.86 bits per heavy atom. The van der Waals surface area contributed by atoms with Gasteiger partial charge in [0.15, 0.2) is 5.69 Å². The number of para-hydroxylation sites is 1. The van der Waals surface area contributed by atoms with E-state index in [0.29, 0.717) is 12.1 Å². The highest BCUT2D eigenvalue weighted by Gasteiger charge is 2.15. The normalized spacial score (nSPS) is 12.1. The number of carbonyl (C=O) groups excluding carboxylic acids is 1. The van der Waals surface area contributed by atoms with Crippen molar-refractivity contribution in [2.24, 2.45) is 0 Å². The lowest BCUT2D eigenvalue weighted by molar-refractivity contribution is 0.0923. The van der Waals surface area contributed by atoms with Crippen LogP contribution in [0.15, 0.2) is 36.5 Å². The van der Waals surface area contributed by atoms with Gasteiger partial charge in [-0.15, -0.1) is 0 Å². The molecule has 0 saturated heterocycles. The van der Waals surface area contributed by atoms with Crippen LogP contribution in [0.1, 0.15) is 30.3 Å². The third-order valence-corrected chi connectivity index (χ3v) is 3.23. The molecular formula is C15H18FN3O2. The lowest BCUT2D eigenvalue weighted by Crippen LogP contribution is -2.35. The molecule has 2 N–H and O–H groups in total. The third-order valence-electron chi connectivity index (χ3n) is 3.23. The van der Waals surface area contributed by atoms with Crippen molar-refractivity contribution in [2.45, 2.75) is 25.8 Å². The second-order valence-corrected chi connectivity index (χ2v) is 4.69. The predicted octanol–water partition coefficient (Wildman–Crippen LogP) is 1.90. The number of amides is 1. The Morgan fingerprint density at radius 1 is 1.43 bits per heavy atom. The molecule has 0 fully saturated rings. The van der Waals surface area contributed by atoms with Crippen LogP contribution in [0.5, 0.6) is 0 Å². The summed E-state index contributed by atoms with van der Waals surface area (Å²) in [4.78, 5) is 12.1. The topological polar surface area (TPSA) is 67.2 Å². The van der Waals surface area contributed by atoms with Crippen molar-refractivity contribution in [3.63, 3.8) is 0 Å². The van der Waals surface area contributed by atoms with Crippen molar-refractivity contribution in [3.8, 4) is 5.69 Å². The number of aromatic nitrogens is 2. The van der Waals surface area contributed by atoms with Crippen molar-refractivity contribution in [2.75, 3.05) is 6.61 Å². The van der Waals surface area contributed by atoms with Crippen LogP contribution in [-0.2, 0) is 0 Å². The Labute approximate surface area is 122 Å². The van der Waals surface area contributed by atoms with E-state index in [-0.39, 0.29) is 24.2 Å². The van der Waals surface area contributed by atoms with Crippen LogP contribution in [0.2, 0.25) is 0 Å². The maximum absolute atomic E-state index is 13.7. The van der Waals surface area contributed by atoms with Crippen molar-refractivity contribution < 1.29 is 14.3 Å². The van der Waals surface area contributed by atoms with E-state index in [0.717, 1.165) is 6.42 Å². The van der Waals surface area contributed by atoms with Gasteiger partial charge in [0.05, 0.1) is 0 Å². The molecule has 1 unspecified atom stereocenters. The molecule has 0 spiro atoms. The van der Waals surface area contributed by atoms with Crippen LogP contribution < -0.4 is 5.32 Å². The number of carbonyl (C=O) groups is 1. The SMILES string of the molecule is CCC(CCO)NC(=O)c1ccn(-c2ccccc2F)n1. The summed E-state index contributed by atoms with van der Waals surface area (Å²) in [6.07, 6.45) is 2.76. The summed E-state index contributed by atoms with van der Waals surface area (Å²) in [6, 6.07) is 7.66. The van der Waals surface area contributed by atoms with Gasteiger partial charge in [-0.2, -0.15) is 5.10 Å². The minimum atomic E-state index is -0.403. The first-order valence-electron chi connectivity index (χ1n) is 6.88. The number of halogens is 1. The maximum atomic E-state index is 13.7. The van der Waals surface area contributed by atoms with E-state index in [1.54, 1.807) is 24.4 Å². The third kappa shape index (κ3) is 3.66. The number of nitrogens with one attached hydrogen (secondary N) is 1. The standard InChI is InChI=1S/C15H18FN3O2/c1-2-11(8-10-20)17-15(21)13-7-9-19(18-13)14-6-4-3-5-12(14)16/h3-7,9,11,20H,2,8,10H2,1H3,(H,17,21). The van der Waals surface area contributed by atoms with E-state index in [9.17, 15) is 9.18 Å². The largest absolute Gasteiger partial charge is 0.396 e. The highest BCUT2D eigenvalue weighted by atomic mass is 19.1. The van der Waals surface area contributed by atoms with Crippen molar-refractivity contribution in [3.05, 3.63) is 48.0 Å². The second kappa shape index (κ2) is 6.99. The molecule has 0 aliphatic carbocycles. The quantitative estimate of drug-likeness (QED) is 0.854. The molecule has 21 heavy (non-hydrogen) atoms. The van der Waals surface area contributed by atoms with Crippen LogP contribution >= 0.6 is 0 Å². The number of hydrogen-bond acceptors (Lipinski definition) is 3. The Bertz CT molecular complexity index is 612. The monoisotopic (exact) mass is 291 g/mol. The molecule has 112 valence electrons. The van der Waals surface area contributed by atoms with E-state index in [2.05, 4.69) is 10.4 Å². The number of nitrogens with zero attached hydrogens (tertiary/aromatic N) is 2. The number of hydrogen-bond donors (Lipinski definition) is 2. The van der Waals surface area contributed by atoms with Crippen molar-refractivity contribution >= 4 is 5.91 Å². The first-order chi connectivity index (χ1) is 10.2. The molecule has 1 heterocycles. The molecule has 0 aliphatic heterocycles. The van der Waals surface area contributed by atoms with Gasteiger partial charge < -0.3 is 10.4 Å². The summed E-state index contributed by atoms with van der Waals surface area (Å²) in [5.41, 5.74) is 0.508. The first-order valence-corrected chi connectivity index (χ1v) is 6.88. The summed E-state index contributed by atoms with van der Waals surface area (Å²) < 4.78 is 15.0. The molecule has 0 saturated carbocycles. The van der Waals surface area contributed by atoms with Gasteiger partial charge in [-0.05, 0) is 31.0 Å². The van der Waals surface area contributed by atoms with Gasteiger partial charge in [-0.3, -0.25) is 4.79 Å². The Hall–Kier alpha value is -2.21.